The van der Waals surface area contributed by atoms with E-state index in [0.717, 1.165) is 16.5 Å². The molecule has 2 aliphatic rings. The van der Waals surface area contributed by atoms with Crippen molar-refractivity contribution in [1.29, 1.82) is 0 Å². The number of hydrogen-bond acceptors (Lipinski definition) is 12. The number of pyridine rings is 2. The Morgan fingerprint density at radius 3 is 2.11 bits per heavy atom. The van der Waals surface area contributed by atoms with Crippen LogP contribution in [0.25, 0.3) is 22.3 Å². The molecule has 13 nitrogen and oxygen atoms in total. The van der Waals surface area contributed by atoms with Crippen LogP contribution >= 0.6 is 0 Å². The summed E-state index contributed by atoms with van der Waals surface area (Å²) in [6.07, 6.45) is 0.0967. The molecule has 1 atom stereocenters. The summed E-state index contributed by atoms with van der Waals surface area (Å²) in [4.78, 5) is 30.5. The van der Waals surface area contributed by atoms with E-state index in [0.29, 0.717) is 107 Å². The van der Waals surface area contributed by atoms with Crippen LogP contribution in [0.2, 0.25) is 0 Å². The van der Waals surface area contributed by atoms with Crippen LogP contribution in [-0.2, 0) is 52.0 Å². The van der Waals surface area contributed by atoms with Crippen molar-refractivity contribution in [3.05, 3.63) is 57.4 Å². The van der Waals surface area contributed by atoms with Gasteiger partial charge in [0.1, 0.15) is 19.0 Å². The minimum absolute atomic E-state index is 0.00996. The Kier molecular flexibility index (Phi) is 11.5. The van der Waals surface area contributed by atoms with Gasteiger partial charge in [0.15, 0.2) is 5.60 Å². The third-order valence-electron chi connectivity index (χ3n) is 7.70. The molecule has 0 bridgehead atoms. The predicted molar refractivity (Wildman–Crippen MR) is 161 cm³/mol. The van der Waals surface area contributed by atoms with Crippen LogP contribution < -0.4 is 10.3 Å². The number of nitrogens with zero attached hydrogens (tertiary/aromatic N) is 2. The van der Waals surface area contributed by atoms with Gasteiger partial charge < -0.3 is 47.9 Å². The summed E-state index contributed by atoms with van der Waals surface area (Å²) >= 11 is 0. The molecule has 0 fully saturated rings. The maximum Gasteiger partial charge on any atom is 0.343 e. The molecule has 45 heavy (non-hydrogen) atoms. The van der Waals surface area contributed by atoms with Crippen LogP contribution in [0.15, 0.2) is 35.1 Å². The lowest BCUT2D eigenvalue weighted by Crippen LogP contribution is -2.44. The summed E-state index contributed by atoms with van der Waals surface area (Å²) in [6, 6.07) is 9.30. The molecule has 0 saturated carbocycles. The largest absolute Gasteiger partial charge is 0.491 e. The second-order valence-electron chi connectivity index (χ2n) is 10.6. The van der Waals surface area contributed by atoms with Crippen LogP contribution in [0.3, 0.4) is 0 Å². The van der Waals surface area contributed by atoms with Gasteiger partial charge in [-0.1, -0.05) is 6.92 Å². The molecule has 2 aliphatic heterocycles. The Balaban J connectivity index is 1.04. The first-order valence-electron chi connectivity index (χ1n) is 15.2. The second-order valence-corrected chi connectivity index (χ2v) is 10.6. The van der Waals surface area contributed by atoms with Crippen LogP contribution in [0.1, 0.15) is 30.0 Å². The first-order chi connectivity index (χ1) is 22.0. The van der Waals surface area contributed by atoms with Gasteiger partial charge in [0.2, 0.25) is 0 Å². The average molecular weight is 629 g/mol. The van der Waals surface area contributed by atoms with E-state index >= 15 is 0 Å². The van der Waals surface area contributed by atoms with Gasteiger partial charge in [-0.15, -0.1) is 0 Å². The van der Waals surface area contributed by atoms with E-state index in [4.69, 9.17) is 43.2 Å². The fraction of sp³-hybridized carbons (Fsp3) is 0.531. The Bertz CT molecular complexity index is 1530. The fourth-order valence-electron chi connectivity index (χ4n) is 5.32. The summed E-state index contributed by atoms with van der Waals surface area (Å²) in [5.41, 5.74) is 1.30. The smallest absolute Gasteiger partial charge is 0.343 e. The second kappa shape index (κ2) is 15.7. The first-order valence-corrected chi connectivity index (χ1v) is 15.2. The molecule has 4 heterocycles. The highest BCUT2D eigenvalue weighted by Gasteiger charge is 2.45. The molecule has 0 aliphatic carbocycles. The predicted octanol–water partition coefficient (Wildman–Crippen LogP) is 1.53. The van der Waals surface area contributed by atoms with Crippen molar-refractivity contribution in [1.82, 2.24) is 9.55 Å². The Morgan fingerprint density at radius 2 is 1.49 bits per heavy atom. The van der Waals surface area contributed by atoms with Crippen molar-refractivity contribution >= 4 is 16.9 Å². The number of ether oxygens (including phenoxy) is 7. The highest BCUT2D eigenvalue weighted by Crippen LogP contribution is 2.38. The minimum Gasteiger partial charge on any atom is -0.491 e. The van der Waals surface area contributed by atoms with Gasteiger partial charge in [0.05, 0.1) is 102 Å². The molecule has 13 heteroatoms. The van der Waals surface area contributed by atoms with Crippen LogP contribution in [0.4, 0.5) is 0 Å². The van der Waals surface area contributed by atoms with Gasteiger partial charge in [-0.25, -0.2) is 9.78 Å². The molecular formula is C32H40N2O11. The molecule has 0 amide bonds. The van der Waals surface area contributed by atoms with Crippen molar-refractivity contribution in [2.24, 2.45) is 0 Å². The maximum atomic E-state index is 13.3. The van der Waals surface area contributed by atoms with Crippen molar-refractivity contribution in [3.8, 4) is 17.1 Å². The lowest BCUT2D eigenvalue weighted by molar-refractivity contribution is -0.172. The van der Waals surface area contributed by atoms with E-state index in [1.165, 1.54) is 0 Å². The van der Waals surface area contributed by atoms with Crippen LogP contribution in [0.5, 0.6) is 5.75 Å². The van der Waals surface area contributed by atoms with Gasteiger partial charge in [0, 0.05) is 16.5 Å². The van der Waals surface area contributed by atoms with Gasteiger partial charge in [-0.2, -0.15) is 0 Å². The Labute approximate surface area is 260 Å². The number of hydrogen-bond donors (Lipinski definition) is 2. The molecular weight excluding hydrogens is 588 g/mol. The molecule has 5 rings (SSSR count). The van der Waals surface area contributed by atoms with E-state index in [2.05, 4.69) is 0 Å². The van der Waals surface area contributed by atoms with Gasteiger partial charge >= 0.3 is 5.97 Å². The lowest BCUT2D eigenvalue weighted by atomic mass is 9.86. The number of cyclic esters (lactones) is 1. The third-order valence-corrected chi connectivity index (χ3v) is 7.70. The number of aliphatic hydroxyl groups excluding tert-OH is 1. The first kappa shape index (κ1) is 32.9. The zero-order valence-corrected chi connectivity index (χ0v) is 25.5. The zero-order chi connectivity index (χ0) is 31.6. The fourth-order valence-corrected chi connectivity index (χ4v) is 5.32. The topological polar surface area (TPSA) is 157 Å². The summed E-state index contributed by atoms with van der Waals surface area (Å²) in [7, 11) is 0. The van der Waals surface area contributed by atoms with Crippen molar-refractivity contribution in [2.75, 3.05) is 79.3 Å². The average Bonchev–Trinajstić information content (AvgIpc) is 3.41. The number of carbonyl (C=O) groups excluding carboxylic acids is 1. The lowest BCUT2D eigenvalue weighted by Gasteiger charge is -2.31. The van der Waals surface area contributed by atoms with Crippen LogP contribution in [0, 0.1) is 0 Å². The molecule has 1 aromatic carbocycles. The highest BCUT2D eigenvalue weighted by molar-refractivity contribution is 5.87. The normalized spacial score (nSPS) is 16.8. The van der Waals surface area contributed by atoms with E-state index in [9.17, 15) is 14.7 Å². The number of fused-ring (bicyclic) bond motifs is 5. The quantitative estimate of drug-likeness (QED) is 0.114. The summed E-state index contributed by atoms with van der Waals surface area (Å²) in [5, 5.41) is 20.5. The maximum absolute atomic E-state index is 13.3. The molecule has 0 spiro atoms. The Hall–Kier alpha value is -3.43. The molecule has 3 aromatic rings. The molecule has 2 N–H and O–H groups in total. The van der Waals surface area contributed by atoms with Crippen molar-refractivity contribution in [3.63, 3.8) is 0 Å². The molecule has 0 saturated heterocycles. The van der Waals surface area contributed by atoms with E-state index in [1.807, 2.05) is 24.3 Å². The monoisotopic (exact) mass is 628 g/mol. The number of esters is 1. The minimum atomic E-state index is -1.85. The van der Waals surface area contributed by atoms with Gasteiger partial charge in [-0.3, -0.25) is 4.79 Å². The summed E-state index contributed by atoms with van der Waals surface area (Å²) in [6.45, 7) is 6.65. The third kappa shape index (κ3) is 7.69. The van der Waals surface area contributed by atoms with Crippen LogP contribution in [-0.4, -0.2) is 105 Å². The van der Waals surface area contributed by atoms with Crippen molar-refractivity contribution < 1.29 is 48.2 Å². The Morgan fingerprint density at radius 1 is 0.867 bits per heavy atom. The molecule has 244 valence electrons. The molecule has 0 unspecified atom stereocenters. The van der Waals surface area contributed by atoms with Gasteiger partial charge in [-0.05, 0) is 36.8 Å². The number of aliphatic hydroxyl groups is 2. The number of benzene rings is 1. The zero-order valence-electron chi connectivity index (χ0n) is 25.5. The standard InChI is InChI=1S/C32H40N2O11/c1-2-32(38)26-19-28-29-23(20-34(28)30(36)25(26)21-45-31(32)37)17-22-18-24(3-4-27(22)33-29)44-16-15-43-14-13-42-12-11-41-10-9-40-8-7-39-6-5-35/h3-4,17-19,35,38H,2,5-16,20-21H2,1H3/t32-/m0/s1. The van der Waals surface area contributed by atoms with E-state index in [1.54, 1.807) is 17.6 Å². The summed E-state index contributed by atoms with van der Waals surface area (Å²) < 4.78 is 39.6. The molecule has 0 radical (unpaired) electrons. The highest BCUT2D eigenvalue weighted by atomic mass is 16.6. The van der Waals surface area contributed by atoms with E-state index in [-0.39, 0.29) is 25.2 Å². The van der Waals surface area contributed by atoms with E-state index < -0.39 is 11.6 Å². The SMILES string of the molecule is CC[C@@]1(O)C(=O)OCc2c1cc1n(c2=O)Cc2cc3cc(OCCOCCOCCOCCOCCOCCO)ccc3nc2-1. The summed E-state index contributed by atoms with van der Waals surface area (Å²) in [5.74, 6) is -0.0642. The number of carbonyl (C=O) groups is 1. The number of aromatic nitrogens is 2. The number of rotatable bonds is 19. The van der Waals surface area contributed by atoms with Crippen molar-refractivity contribution in [2.45, 2.75) is 32.1 Å². The molecule has 2 aromatic heterocycles. The van der Waals surface area contributed by atoms with Gasteiger partial charge in [0.25, 0.3) is 5.56 Å².